The molecule has 94 valence electrons. The van der Waals surface area contributed by atoms with E-state index in [4.69, 9.17) is 4.74 Å². The molecule has 1 unspecified atom stereocenters. The van der Waals surface area contributed by atoms with E-state index in [2.05, 4.69) is 31.3 Å². The Morgan fingerprint density at radius 3 is 2.47 bits per heavy atom. The fourth-order valence-corrected chi connectivity index (χ4v) is 1.55. The Labute approximate surface area is 103 Å². The zero-order chi connectivity index (χ0) is 12.7. The van der Waals surface area contributed by atoms with Crippen LogP contribution in [0.1, 0.15) is 38.7 Å². The number of carbonyl (C=O) groups excluding carboxylic acids is 1. The molecule has 3 nitrogen and oxygen atoms in total. The van der Waals surface area contributed by atoms with Crippen molar-refractivity contribution in [1.29, 1.82) is 0 Å². The molecule has 0 aliphatic heterocycles. The van der Waals surface area contributed by atoms with Crippen molar-refractivity contribution in [2.45, 2.75) is 33.1 Å². The molecule has 17 heavy (non-hydrogen) atoms. The third-order valence-electron chi connectivity index (χ3n) is 2.83. The standard InChI is InChI=1S/C14H21NO2/c1-4-11(3)12-6-8-13(9-7-12)15-10-14(16)17-5-2/h6-9,11,15H,4-5,10H2,1-3H3. The highest BCUT2D eigenvalue weighted by Crippen LogP contribution is 2.20. The number of nitrogens with one attached hydrogen (secondary N) is 1. The highest BCUT2D eigenvalue weighted by atomic mass is 16.5. The average Bonchev–Trinajstić information content (AvgIpc) is 2.36. The van der Waals surface area contributed by atoms with Gasteiger partial charge in [-0.15, -0.1) is 0 Å². The monoisotopic (exact) mass is 235 g/mol. The van der Waals surface area contributed by atoms with Crippen molar-refractivity contribution in [1.82, 2.24) is 0 Å². The molecule has 0 saturated heterocycles. The van der Waals surface area contributed by atoms with Crippen LogP contribution in [0.5, 0.6) is 0 Å². The molecule has 0 heterocycles. The van der Waals surface area contributed by atoms with Crippen LogP contribution in [-0.4, -0.2) is 19.1 Å². The molecular weight excluding hydrogens is 214 g/mol. The molecule has 0 radical (unpaired) electrons. The second-order valence-corrected chi connectivity index (χ2v) is 4.09. The summed E-state index contributed by atoms with van der Waals surface area (Å²) < 4.78 is 4.84. The molecule has 0 aliphatic carbocycles. The van der Waals surface area contributed by atoms with E-state index < -0.39 is 0 Å². The predicted octanol–water partition coefficient (Wildman–Crippen LogP) is 3.18. The maximum Gasteiger partial charge on any atom is 0.325 e. The number of esters is 1. The second kappa shape index (κ2) is 6.94. The van der Waals surface area contributed by atoms with Crippen LogP contribution in [-0.2, 0) is 9.53 Å². The number of ether oxygens (including phenoxy) is 1. The molecule has 1 aromatic rings. The molecule has 1 N–H and O–H groups in total. The number of benzene rings is 1. The first kappa shape index (κ1) is 13.6. The topological polar surface area (TPSA) is 38.3 Å². The Morgan fingerprint density at radius 1 is 1.29 bits per heavy atom. The Kier molecular flexibility index (Phi) is 5.53. The fraction of sp³-hybridized carbons (Fsp3) is 0.500. The van der Waals surface area contributed by atoms with Crippen molar-refractivity contribution in [3.8, 4) is 0 Å². The quantitative estimate of drug-likeness (QED) is 0.770. The van der Waals surface area contributed by atoms with Gasteiger partial charge in [0, 0.05) is 5.69 Å². The summed E-state index contributed by atoms with van der Waals surface area (Å²) in [6.45, 7) is 6.83. The summed E-state index contributed by atoms with van der Waals surface area (Å²) in [6.07, 6.45) is 1.13. The van der Waals surface area contributed by atoms with Gasteiger partial charge >= 0.3 is 5.97 Å². The Balaban J connectivity index is 2.48. The molecule has 0 spiro atoms. The average molecular weight is 235 g/mol. The van der Waals surface area contributed by atoms with E-state index in [9.17, 15) is 4.79 Å². The van der Waals surface area contributed by atoms with Crippen LogP contribution in [0.15, 0.2) is 24.3 Å². The van der Waals surface area contributed by atoms with Gasteiger partial charge in [0.2, 0.25) is 0 Å². The van der Waals surface area contributed by atoms with E-state index in [1.165, 1.54) is 5.56 Å². The van der Waals surface area contributed by atoms with Crippen LogP contribution < -0.4 is 5.32 Å². The first-order valence-corrected chi connectivity index (χ1v) is 6.16. The molecular formula is C14H21NO2. The summed E-state index contributed by atoms with van der Waals surface area (Å²) in [4.78, 5) is 11.2. The minimum absolute atomic E-state index is 0.219. The van der Waals surface area contributed by atoms with Crippen molar-refractivity contribution >= 4 is 11.7 Å². The van der Waals surface area contributed by atoms with E-state index in [0.717, 1.165) is 12.1 Å². The van der Waals surface area contributed by atoms with E-state index in [-0.39, 0.29) is 12.5 Å². The molecule has 1 aromatic carbocycles. The van der Waals surface area contributed by atoms with Crippen LogP contribution in [0.3, 0.4) is 0 Å². The summed E-state index contributed by atoms with van der Waals surface area (Å²) in [5.74, 6) is 0.354. The van der Waals surface area contributed by atoms with Crippen molar-refractivity contribution in [3.05, 3.63) is 29.8 Å². The highest BCUT2D eigenvalue weighted by molar-refractivity contribution is 5.74. The number of hydrogen-bond acceptors (Lipinski definition) is 3. The first-order chi connectivity index (χ1) is 8.17. The normalized spacial score (nSPS) is 11.9. The maximum atomic E-state index is 11.2. The van der Waals surface area contributed by atoms with Gasteiger partial charge in [-0.3, -0.25) is 4.79 Å². The third-order valence-corrected chi connectivity index (χ3v) is 2.83. The lowest BCUT2D eigenvalue weighted by Crippen LogP contribution is -2.16. The van der Waals surface area contributed by atoms with Crippen molar-refractivity contribution in [3.63, 3.8) is 0 Å². The van der Waals surface area contributed by atoms with Crippen LogP contribution in [0, 0.1) is 0 Å². The molecule has 0 fully saturated rings. The van der Waals surface area contributed by atoms with Crippen molar-refractivity contribution in [2.24, 2.45) is 0 Å². The SMILES string of the molecule is CCOC(=O)CNc1ccc(C(C)CC)cc1. The number of hydrogen-bond donors (Lipinski definition) is 1. The number of rotatable bonds is 6. The highest BCUT2D eigenvalue weighted by Gasteiger charge is 2.03. The smallest absolute Gasteiger partial charge is 0.325 e. The van der Waals surface area contributed by atoms with Crippen LogP contribution in [0.2, 0.25) is 0 Å². The zero-order valence-electron chi connectivity index (χ0n) is 10.8. The van der Waals surface area contributed by atoms with E-state index in [1.807, 2.05) is 12.1 Å². The Bertz CT molecular complexity index is 346. The molecule has 0 bridgehead atoms. The molecule has 0 aliphatic rings. The van der Waals surface area contributed by atoms with E-state index in [0.29, 0.717) is 12.5 Å². The van der Waals surface area contributed by atoms with Gasteiger partial charge in [-0.05, 0) is 37.0 Å². The second-order valence-electron chi connectivity index (χ2n) is 4.09. The summed E-state index contributed by atoms with van der Waals surface area (Å²) in [6, 6.07) is 8.20. The zero-order valence-corrected chi connectivity index (χ0v) is 10.8. The molecule has 3 heteroatoms. The largest absolute Gasteiger partial charge is 0.465 e. The lowest BCUT2D eigenvalue weighted by atomic mass is 9.99. The number of carbonyl (C=O) groups is 1. The van der Waals surface area contributed by atoms with Gasteiger partial charge in [0.1, 0.15) is 6.54 Å². The van der Waals surface area contributed by atoms with Gasteiger partial charge in [-0.25, -0.2) is 0 Å². The summed E-state index contributed by atoms with van der Waals surface area (Å²) >= 11 is 0. The Hall–Kier alpha value is -1.51. The first-order valence-electron chi connectivity index (χ1n) is 6.16. The molecule has 0 saturated carbocycles. The Morgan fingerprint density at radius 2 is 1.94 bits per heavy atom. The fourth-order valence-electron chi connectivity index (χ4n) is 1.55. The van der Waals surface area contributed by atoms with Crippen LogP contribution >= 0.6 is 0 Å². The van der Waals surface area contributed by atoms with Crippen molar-refractivity contribution < 1.29 is 9.53 Å². The van der Waals surface area contributed by atoms with E-state index in [1.54, 1.807) is 6.92 Å². The van der Waals surface area contributed by atoms with Gasteiger partial charge in [0.15, 0.2) is 0 Å². The minimum atomic E-state index is -0.224. The lowest BCUT2D eigenvalue weighted by Gasteiger charge is -2.10. The van der Waals surface area contributed by atoms with Gasteiger partial charge in [0.25, 0.3) is 0 Å². The summed E-state index contributed by atoms with van der Waals surface area (Å²) in [5, 5.41) is 3.04. The molecule has 1 rings (SSSR count). The lowest BCUT2D eigenvalue weighted by molar-refractivity contribution is -0.140. The minimum Gasteiger partial charge on any atom is -0.465 e. The van der Waals surface area contributed by atoms with E-state index >= 15 is 0 Å². The third kappa shape index (κ3) is 4.47. The van der Waals surface area contributed by atoms with Gasteiger partial charge in [0.05, 0.1) is 6.61 Å². The summed E-state index contributed by atoms with van der Waals surface area (Å²) in [5.41, 5.74) is 2.28. The number of anilines is 1. The molecule has 0 amide bonds. The molecule has 1 atom stereocenters. The van der Waals surface area contributed by atoms with Crippen molar-refractivity contribution in [2.75, 3.05) is 18.5 Å². The van der Waals surface area contributed by atoms with Gasteiger partial charge in [-0.2, -0.15) is 0 Å². The van der Waals surface area contributed by atoms with Crippen LogP contribution in [0.25, 0.3) is 0 Å². The molecule has 0 aromatic heterocycles. The van der Waals surface area contributed by atoms with Gasteiger partial charge in [-0.1, -0.05) is 26.0 Å². The maximum absolute atomic E-state index is 11.2. The van der Waals surface area contributed by atoms with Gasteiger partial charge < -0.3 is 10.1 Å². The van der Waals surface area contributed by atoms with Crippen LogP contribution in [0.4, 0.5) is 5.69 Å². The predicted molar refractivity (Wildman–Crippen MR) is 70.3 cm³/mol. The summed E-state index contributed by atoms with van der Waals surface area (Å²) in [7, 11) is 0.